The normalized spacial score (nSPS) is 25.8. The van der Waals surface area contributed by atoms with Gasteiger partial charge in [0.05, 0.1) is 24.2 Å². The van der Waals surface area contributed by atoms with Gasteiger partial charge in [-0.1, -0.05) is 18.2 Å². The fourth-order valence-corrected chi connectivity index (χ4v) is 4.52. The van der Waals surface area contributed by atoms with Crippen molar-refractivity contribution in [3.05, 3.63) is 66.0 Å². The molecule has 7 nitrogen and oxygen atoms in total. The molecule has 1 aromatic carbocycles. The Morgan fingerprint density at radius 1 is 1.10 bits per heavy atom. The quantitative estimate of drug-likeness (QED) is 0.784. The molecular weight excluding hydrogens is 370 g/mol. The van der Waals surface area contributed by atoms with Crippen molar-refractivity contribution in [3.63, 3.8) is 0 Å². The Hall–Kier alpha value is -3.03. The van der Waals surface area contributed by atoms with E-state index in [0.717, 1.165) is 43.0 Å². The molecule has 5 heterocycles. The molecule has 4 aliphatic rings. The Bertz CT molecular complexity index is 1060. The number of hydrogen-bond acceptors (Lipinski definition) is 6. The first-order chi connectivity index (χ1) is 14.2. The van der Waals surface area contributed by atoms with Crippen LogP contribution >= 0.6 is 0 Å². The van der Waals surface area contributed by atoms with Gasteiger partial charge < -0.3 is 18.8 Å². The zero-order valence-electron chi connectivity index (χ0n) is 16.1. The molecular formula is C22H21N3O4. The Morgan fingerprint density at radius 3 is 2.79 bits per heavy atom. The molecule has 1 amide bonds. The van der Waals surface area contributed by atoms with E-state index >= 15 is 0 Å². The fraction of sp³-hybridized carbons (Fsp3) is 0.318. The highest BCUT2D eigenvalue weighted by atomic mass is 16.5. The third-order valence-corrected chi connectivity index (χ3v) is 6.15. The summed E-state index contributed by atoms with van der Waals surface area (Å²) in [6, 6.07) is 9.63. The molecule has 29 heavy (non-hydrogen) atoms. The number of ether oxygens (including phenoxy) is 2. The minimum absolute atomic E-state index is 0.0754. The van der Waals surface area contributed by atoms with Crippen molar-refractivity contribution in [2.45, 2.75) is 5.60 Å². The van der Waals surface area contributed by atoms with Gasteiger partial charge in [0.15, 0.2) is 17.3 Å². The number of benzene rings is 1. The second kappa shape index (κ2) is 5.98. The van der Waals surface area contributed by atoms with Crippen LogP contribution in [-0.4, -0.2) is 55.6 Å². The van der Waals surface area contributed by atoms with Gasteiger partial charge in [0, 0.05) is 37.8 Å². The van der Waals surface area contributed by atoms with E-state index < -0.39 is 5.60 Å². The third-order valence-electron chi connectivity index (χ3n) is 6.15. The molecule has 0 aliphatic carbocycles. The average Bonchev–Trinajstić information content (AvgIpc) is 3.42. The largest absolute Gasteiger partial charge is 0.464 e. The number of carbonyl (C=O) groups is 1. The van der Waals surface area contributed by atoms with E-state index in [1.165, 1.54) is 0 Å². The van der Waals surface area contributed by atoms with Gasteiger partial charge in [-0.3, -0.25) is 14.6 Å². The van der Waals surface area contributed by atoms with E-state index in [2.05, 4.69) is 16.8 Å². The molecule has 4 aliphatic heterocycles. The lowest BCUT2D eigenvalue weighted by Crippen LogP contribution is -2.51. The Labute approximate surface area is 168 Å². The molecule has 2 aromatic rings. The van der Waals surface area contributed by atoms with E-state index in [-0.39, 0.29) is 5.91 Å². The zero-order valence-corrected chi connectivity index (χ0v) is 16.1. The highest BCUT2D eigenvalue weighted by Crippen LogP contribution is 2.53. The van der Waals surface area contributed by atoms with Crippen LogP contribution < -0.4 is 9.64 Å². The monoisotopic (exact) mass is 391 g/mol. The van der Waals surface area contributed by atoms with Crippen molar-refractivity contribution >= 4 is 17.2 Å². The summed E-state index contributed by atoms with van der Waals surface area (Å²) in [5.74, 6) is 1.68. The summed E-state index contributed by atoms with van der Waals surface area (Å²) < 4.78 is 17.5. The van der Waals surface area contributed by atoms with Gasteiger partial charge in [0.1, 0.15) is 6.26 Å². The molecule has 1 aromatic heterocycles. The lowest BCUT2D eigenvalue weighted by atomic mass is 9.94. The molecule has 1 fully saturated rings. The van der Waals surface area contributed by atoms with Crippen LogP contribution in [0, 0.1) is 0 Å². The summed E-state index contributed by atoms with van der Waals surface area (Å²) in [6.45, 7) is 4.43. The van der Waals surface area contributed by atoms with Crippen molar-refractivity contribution in [3.8, 4) is 5.75 Å². The number of amides is 1. The highest BCUT2D eigenvalue weighted by Gasteiger charge is 2.56. The SMILES string of the molecule is CN1CCN(CN2C(=O)C3(C=C4C(=COc5ccoc54)O3)c3ccccc32)CC1. The summed E-state index contributed by atoms with van der Waals surface area (Å²) in [5.41, 5.74) is 1.34. The molecule has 6 rings (SSSR count). The van der Waals surface area contributed by atoms with Crippen LogP contribution in [0.15, 0.2) is 59.1 Å². The molecule has 1 spiro atoms. The summed E-state index contributed by atoms with van der Waals surface area (Å²) >= 11 is 0. The maximum Gasteiger partial charge on any atom is 0.281 e. The standard InChI is InChI=1S/C22H21N3O4/c1-23-7-9-24(10-8-23)14-25-17-5-3-2-4-16(17)22(21(25)26)12-15-19(29-22)13-28-18-6-11-27-20(15)18/h2-6,11-13H,7-10,14H2,1H3. The van der Waals surface area contributed by atoms with Crippen LogP contribution in [-0.2, 0) is 15.1 Å². The lowest BCUT2D eigenvalue weighted by molar-refractivity contribution is -0.132. The molecule has 0 bridgehead atoms. The van der Waals surface area contributed by atoms with Gasteiger partial charge in [-0.15, -0.1) is 0 Å². The predicted molar refractivity (Wildman–Crippen MR) is 106 cm³/mol. The van der Waals surface area contributed by atoms with Crippen LogP contribution in [0.25, 0.3) is 5.57 Å². The number of furan rings is 1. The Morgan fingerprint density at radius 2 is 1.93 bits per heavy atom. The first kappa shape index (κ1) is 16.9. The average molecular weight is 391 g/mol. The van der Waals surface area contributed by atoms with Crippen LogP contribution in [0.5, 0.6) is 5.75 Å². The molecule has 148 valence electrons. The second-order valence-corrected chi connectivity index (χ2v) is 7.92. The van der Waals surface area contributed by atoms with Crippen molar-refractivity contribution in [2.24, 2.45) is 0 Å². The summed E-state index contributed by atoms with van der Waals surface area (Å²) in [7, 11) is 2.13. The molecule has 0 saturated carbocycles. The minimum Gasteiger partial charge on any atom is -0.464 e. The van der Waals surface area contributed by atoms with Crippen LogP contribution in [0.4, 0.5) is 5.69 Å². The first-order valence-electron chi connectivity index (χ1n) is 9.85. The maximum absolute atomic E-state index is 13.7. The third kappa shape index (κ3) is 2.34. The highest BCUT2D eigenvalue weighted by molar-refractivity contribution is 6.10. The topological polar surface area (TPSA) is 58.4 Å². The van der Waals surface area contributed by atoms with E-state index in [1.54, 1.807) is 18.6 Å². The summed E-state index contributed by atoms with van der Waals surface area (Å²) in [5, 5.41) is 0. The Kier molecular flexibility index (Phi) is 3.48. The number of piperazine rings is 1. The number of nitrogens with zero attached hydrogens (tertiary/aromatic N) is 3. The lowest BCUT2D eigenvalue weighted by Gasteiger charge is -2.35. The fourth-order valence-electron chi connectivity index (χ4n) is 4.52. The Balaban J connectivity index is 1.40. The van der Waals surface area contributed by atoms with Crippen molar-refractivity contribution in [2.75, 3.05) is 44.8 Å². The molecule has 1 atom stereocenters. The summed E-state index contributed by atoms with van der Waals surface area (Å²) in [4.78, 5) is 20.2. The van der Waals surface area contributed by atoms with Gasteiger partial charge in [-0.25, -0.2) is 0 Å². The van der Waals surface area contributed by atoms with Crippen molar-refractivity contribution in [1.29, 1.82) is 0 Å². The second-order valence-electron chi connectivity index (χ2n) is 7.92. The van der Waals surface area contributed by atoms with Gasteiger partial charge >= 0.3 is 0 Å². The van der Waals surface area contributed by atoms with Crippen LogP contribution in [0.3, 0.4) is 0 Å². The molecule has 1 unspecified atom stereocenters. The number of para-hydroxylation sites is 1. The molecule has 7 heteroatoms. The molecule has 0 radical (unpaired) electrons. The number of anilines is 1. The number of allylic oxidation sites excluding steroid dienone is 1. The predicted octanol–water partition coefficient (Wildman–Crippen LogP) is 2.37. The molecule has 1 saturated heterocycles. The number of fused-ring (bicyclic) bond motifs is 5. The van der Waals surface area contributed by atoms with Crippen LogP contribution in [0.2, 0.25) is 0 Å². The first-order valence-corrected chi connectivity index (χ1v) is 9.85. The van der Waals surface area contributed by atoms with Crippen molar-refractivity contribution < 1.29 is 18.7 Å². The smallest absolute Gasteiger partial charge is 0.281 e. The summed E-state index contributed by atoms with van der Waals surface area (Å²) in [6.07, 6.45) is 5.02. The van der Waals surface area contributed by atoms with E-state index in [4.69, 9.17) is 13.9 Å². The van der Waals surface area contributed by atoms with E-state index in [0.29, 0.717) is 23.9 Å². The van der Waals surface area contributed by atoms with Gasteiger partial charge in [0.2, 0.25) is 5.60 Å². The molecule has 0 N–H and O–H groups in total. The number of hydrogen-bond donors (Lipinski definition) is 0. The van der Waals surface area contributed by atoms with E-state index in [1.807, 2.05) is 35.2 Å². The van der Waals surface area contributed by atoms with Gasteiger partial charge in [0.25, 0.3) is 5.91 Å². The van der Waals surface area contributed by atoms with Gasteiger partial charge in [-0.05, 0) is 19.2 Å². The maximum atomic E-state index is 13.7. The van der Waals surface area contributed by atoms with Crippen molar-refractivity contribution in [1.82, 2.24) is 9.80 Å². The number of carbonyl (C=O) groups excluding carboxylic acids is 1. The number of likely N-dealkylation sites (N-methyl/N-ethyl adjacent to an activating group) is 1. The number of rotatable bonds is 2. The van der Waals surface area contributed by atoms with E-state index in [9.17, 15) is 4.79 Å². The minimum atomic E-state index is -1.18. The zero-order chi connectivity index (χ0) is 19.6. The van der Waals surface area contributed by atoms with Crippen LogP contribution in [0.1, 0.15) is 11.3 Å². The van der Waals surface area contributed by atoms with Gasteiger partial charge in [-0.2, -0.15) is 0 Å².